The largest absolute Gasteiger partial charge is 0.503 e. The molecule has 2 aromatic carbocycles. The number of aromatic nitrogens is 4. The SMILES string of the molecule is CO/C=C1/C(=O)Oc2ccccc21.Cc1ccccc1Oc1cc(Cl)ncn1.Clc1cc(Cl)ncn1. The van der Waals surface area contributed by atoms with Gasteiger partial charge in [-0.3, -0.25) is 0 Å². The molecule has 0 bridgehead atoms. The number of fused-ring (bicyclic) bond motifs is 1. The van der Waals surface area contributed by atoms with Gasteiger partial charge in [-0.05, 0) is 24.6 Å². The fourth-order valence-electron chi connectivity index (χ4n) is 2.74. The number of methoxy groups -OCH3 is 1. The average Bonchev–Trinajstić information content (AvgIpc) is 3.17. The summed E-state index contributed by atoms with van der Waals surface area (Å²) in [6.07, 6.45) is 4.08. The third kappa shape index (κ3) is 7.91. The number of hydrogen-bond acceptors (Lipinski definition) is 8. The summed E-state index contributed by atoms with van der Waals surface area (Å²) in [5, 5.41) is 1.10. The van der Waals surface area contributed by atoms with E-state index in [0.717, 1.165) is 16.9 Å². The zero-order valence-electron chi connectivity index (χ0n) is 19.1. The summed E-state index contributed by atoms with van der Waals surface area (Å²) in [7, 11) is 1.50. The first-order valence-electron chi connectivity index (χ1n) is 10.3. The van der Waals surface area contributed by atoms with Gasteiger partial charge in [0.05, 0.1) is 13.4 Å². The number of rotatable bonds is 3. The number of benzene rings is 2. The van der Waals surface area contributed by atoms with E-state index >= 15 is 0 Å². The van der Waals surface area contributed by atoms with Crippen LogP contribution in [0.15, 0.2) is 79.6 Å². The molecular weight excluding hydrogens is 527 g/mol. The Bertz CT molecular complexity index is 1350. The molecule has 8 nitrogen and oxygen atoms in total. The lowest BCUT2D eigenvalue weighted by Gasteiger charge is -2.06. The van der Waals surface area contributed by atoms with Gasteiger partial charge < -0.3 is 14.2 Å². The second-order valence-electron chi connectivity index (χ2n) is 6.86. The van der Waals surface area contributed by atoms with Gasteiger partial charge in [-0.2, -0.15) is 0 Å². The number of nitrogens with zero attached hydrogens (tertiary/aromatic N) is 4. The second-order valence-corrected chi connectivity index (χ2v) is 8.02. The third-order valence-corrected chi connectivity index (χ3v) is 4.97. The average molecular weight is 546 g/mol. The van der Waals surface area contributed by atoms with E-state index in [1.807, 2.05) is 49.4 Å². The van der Waals surface area contributed by atoms with Crippen LogP contribution in [0.5, 0.6) is 17.4 Å². The van der Waals surface area contributed by atoms with Crippen molar-refractivity contribution in [1.29, 1.82) is 0 Å². The summed E-state index contributed by atoms with van der Waals surface area (Å²) < 4.78 is 15.3. The van der Waals surface area contributed by atoms with Gasteiger partial charge in [0.15, 0.2) is 0 Å². The zero-order valence-corrected chi connectivity index (χ0v) is 21.3. The monoisotopic (exact) mass is 544 g/mol. The summed E-state index contributed by atoms with van der Waals surface area (Å²) in [5.41, 5.74) is 2.31. The molecule has 2 aromatic heterocycles. The van der Waals surface area contributed by atoms with Crippen LogP contribution in [0.3, 0.4) is 0 Å². The maximum atomic E-state index is 11.3. The van der Waals surface area contributed by atoms with Crippen LogP contribution in [0.25, 0.3) is 5.57 Å². The molecule has 0 amide bonds. The zero-order chi connectivity index (χ0) is 25.9. The molecule has 1 aliphatic heterocycles. The molecule has 3 heterocycles. The maximum absolute atomic E-state index is 11.3. The van der Waals surface area contributed by atoms with Crippen LogP contribution >= 0.6 is 34.8 Å². The standard InChI is InChI=1S/C11H9ClN2O.C10H8O3.C4H2Cl2N2/c1-8-4-2-3-5-9(8)15-11-6-10(12)13-7-14-11;1-12-6-8-7-4-2-3-5-9(7)13-10(8)11;5-3-1-4(6)8-2-7-3/h2-7H,1H3;2-6H,1H3;1-2H/b;8-6+;. The molecule has 0 spiro atoms. The predicted octanol–water partition coefficient (Wildman–Crippen LogP) is 6.61. The Morgan fingerprint density at radius 2 is 1.44 bits per heavy atom. The van der Waals surface area contributed by atoms with Crippen LogP contribution < -0.4 is 9.47 Å². The number of ether oxygens (including phenoxy) is 3. The van der Waals surface area contributed by atoms with E-state index in [4.69, 9.17) is 49.0 Å². The number of halogens is 3. The van der Waals surface area contributed by atoms with Crippen LogP contribution in [-0.2, 0) is 9.53 Å². The number of aryl methyl sites for hydroxylation is 1. The Morgan fingerprint density at radius 1 is 0.833 bits per heavy atom. The normalized spacial score (nSPS) is 12.4. The fraction of sp³-hybridized carbons (Fsp3) is 0.0800. The Balaban J connectivity index is 0.000000157. The lowest BCUT2D eigenvalue weighted by molar-refractivity contribution is -0.127. The lowest BCUT2D eigenvalue weighted by atomic mass is 10.1. The Kier molecular flexibility index (Phi) is 10.00. The molecule has 4 aromatic rings. The van der Waals surface area contributed by atoms with E-state index in [-0.39, 0.29) is 5.97 Å². The minimum absolute atomic E-state index is 0.358. The van der Waals surface area contributed by atoms with E-state index < -0.39 is 0 Å². The molecule has 0 aliphatic carbocycles. The molecule has 0 unspecified atom stereocenters. The summed E-state index contributed by atoms with van der Waals surface area (Å²) in [4.78, 5) is 26.2. The van der Waals surface area contributed by atoms with Crippen LogP contribution in [0.2, 0.25) is 15.5 Å². The Hall–Kier alpha value is -3.72. The summed E-state index contributed by atoms with van der Waals surface area (Å²) in [6.45, 7) is 1.97. The van der Waals surface area contributed by atoms with E-state index in [1.54, 1.807) is 12.1 Å². The fourth-order valence-corrected chi connectivity index (χ4v) is 3.23. The highest BCUT2D eigenvalue weighted by Gasteiger charge is 2.26. The highest BCUT2D eigenvalue weighted by molar-refractivity contribution is 6.33. The number of carbonyl (C=O) groups excluding carboxylic acids is 1. The third-order valence-electron chi connectivity index (χ3n) is 4.35. The van der Waals surface area contributed by atoms with Crippen molar-refractivity contribution >= 4 is 46.3 Å². The molecule has 0 fully saturated rings. The van der Waals surface area contributed by atoms with Crippen molar-refractivity contribution in [3.05, 3.63) is 106 Å². The van der Waals surface area contributed by atoms with E-state index in [0.29, 0.717) is 32.7 Å². The van der Waals surface area contributed by atoms with Crippen LogP contribution in [-0.4, -0.2) is 33.0 Å². The minimum atomic E-state index is -0.358. The van der Waals surface area contributed by atoms with E-state index in [1.165, 1.54) is 32.1 Å². The summed E-state index contributed by atoms with van der Waals surface area (Å²) >= 11 is 16.5. The first-order valence-corrected chi connectivity index (χ1v) is 11.4. The predicted molar refractivity (Wildman–Crippen MR) is 137 cm³/mol. The summed E-state index contributed by atoms with van der Waals surface area (Å²) in [6, 6.07) is 18.0. The molecule has 0 saturated heterocycles. The van der Waals surface area contributed by atoms with Crippen molar-refractivity contribution in [3.8, 4) is 17.4 Å². The van der Waals surface area contributed by atoms with Gasteiger partial charge in [0.1, 0.15) is 45.2 Å². The lowest BCUT2D eigenvalue weighted by Crippen LogP contribution is -2.00. The first-order chi connectivity index (χ1) is 17.4. The number of hydrogen-bond donors (Lipinski definition) is 0. The Morgan fingerprint density at radius 3 is 2.06 bits per heavy atom. The number of esters is 1. The van der Waals surface area contributed by atoms with Crippen molar-refractivity contribution in [2.75, 3.05) is 7.11 Å². The van der Waals surface area contributed by atoms with Gasteiger partial charge >= 0.3 is 5.97 Å². The molecule has 0 atom stereocenters. The van der Waals surface area contributed by atoms with E-state index in [2.05, 4.69) is 19.9 Å². The van der Waals surface area contributed by atoms with Crippen LogP contribution in [0.4, 0.5) is 0 Å². The van der Waals surface area contributed by atoms with Crippen molar-refractivity contribution < 1.29 is 19.0 Å². The smallest absolute Gasteiger partial charge is 0.347 e. The molecule has 36 heavy (non-hydrogen) atoms. The van der Waals surface area contributed by atoms with Crippen molar-refractivity contribution in [3.63, 3.8) is 0 Å². The molecular formula is C25H19Cl3N4O4. The van der Waals surface area contributed by atoms with E-state index in [9.17, 15) is 4.79 Å². The van der Waals surface area contributed by atoms with Gasteiger partial charge in [0.2, 0.25) is 5.88 Å². The van der Waals surface area contributed by atoms with Crippen molar-refractivity contribution in [2.45, 2.75) is 6.92 Å². The number of para-hydroxylation sites is 2. The molecule has 184 valence electrons. The molecule has 0 N–H and O–H groups in total. The molecule has 11 heteroatoms. The van der Waals surface area contributed by atoms with Gasteiger partial charge in [-0.15, -0.1) is 0 Å². The molecule has 1 aliphatic rings. The van der Waals surface area contributed by atoms with Gasteiger partial charge in [-0.25, -0.2) is 24.7 Å². The molecule has 5 rings (SSSR count). The Labute approximate surface area is 222 Å². The van der Waals surface area contributed by atoms with Gasteiger partial charge in [0.25, 0.3) is 0 Å². The summed E-state index contributed by atoms with van der Waals surface area (Å²) in [5.74, 6) is 1.45. The molecule has 0 saturated carbocycles. The second kappa shape index (κ2) is 13.4. The molecule has 0 radical (unpaired) electrons. The quantitative estimate of drug-likeness (QED) is 0.0933. The topological polar surface area (TPSA) is 96.3 Å². The van der Waals surface area contributed by atoms with Gasteiger partial charge in [-0.1, -0.05) is 71.2 Å². The van der Waals surface area contributed by atoms with Crippen LogP contribution in [0, 0.1) is 6.92 Å². The van der Waals surface area contributed by atoms with Crippen LogP contribution in [0.1, 0.15) is 11.1 Å². The number of carbonyl (C=O) groups is 1. The minimum Gasteiger partial charge on any atom is -0.503 e. The highest BCUT2D eigenvalue weighted by Crippen LogP contribution is 2.33. The first kappa shape index (κ1) is 26.9. The van der Waals surface area contributed by atoms with Crippen molar-refractivity contribution in [2.24, 2.45) is 0 Å². The highest BCUT2D eigenvalue weighted by atomic mass is 35.5. The van der Waals surface area contributed by atoms with Gasteiger partial charge in [0, 0.05) is 17.7 Å². The van der Waals surface area contributed by atoms with Crippen molar-refractivity contribution in [1.82, 2.24) is 19.9 Å². The maximum Gasteiger partial charge on any atom is 0.347 e.